The van der Waals surface area contributed by atoms with Gasteiger partial charge in [-0.15, -0.1) is 11.3 Å². The van der Waals surface area contributed by atoms with Crippen LogP contribution >= 0.6 is 11.3 Å². The number of hydrogen-bond donors (Lipinski definition) is 2. The molecular formula is C16H19N3O3S2. The molecule has 1 aliphatic heterocycles. The SMILES string of the molecule is CCS(=O)(=O)c1ccc(CC(=O)Nc2nc3c(s2)CNC3C)cc1. The number of anilines is 1. The van der Waals surface area contributed by atoms with Crippen LogP contribution < -0.4 is 10.6 Å². The topological polar surface area (TPSA) is 88.2 Å². The number of benzene rings is 1. The maximum atomic E-state index is 12.1. The molecule has 1 aromatic carbocycles. The van der Waals surface area contributed by atoms with Crippen LogP contribution in [0.4, 0.5) is 5.13 Å². The molecule has 1 atom stereocenters. The molecule has 128 valence electrons. The molecule has 1 amide bonds. The van der Waals surface area contributed by atoms with Crippen LogP contribution in [0.25, 0.3) is 0 Å². The molecule has 1 unspecified atom stereocenters. The van der Waals surface area contributed by atoms with Crippen molar-refractivity contribution in [2.75, 3.05) is 11.1 Å². The standard InChI is InChI=1S/C16H19N3O3S2/c1-3-24(21,22)12-6-4-11(5-7-12)8-14(20)18-16-19-15-10(2)17-9-13(15)23-16/h4-7,10,17H,3,8-9H2,1-2H3,(H,18,19,20). The lowest BCUT2D eigenvalue weighted by Crippen LogP contribution is -2.15. The van der Waals surface area contributed by atoms with Crippen LogP contribution in [-0.2, 0) is 27.6 Å². The summed E-state index contributed by atoms with van der Waals surface area (Å²) in [5.74, 6) is -0.0939. The van der Waals surface area contributed by atoms with Gasteiger partial charge in [-0.1, -0.05) is 19.1 Å². The summed E-state index contributed by atoms with van der Waals surface area (Å²) in [6, 6.07) is 6.67. The Bertz CT molecular complexity index is 857. The Morgan fingerprint density at radius 3 is 2.71 bits per heavy atom. The number of fused-ring (bicyclic) bond motifs is 1. The zero-order valence-corrected chi connectivity index (χ0v) is 15.1. The van der Waals surface area contributed by atoms with Gasteiger partial charge in [0.2, 0.25) is 5.91 Å². The van der Waals surface area contributed by atoms with E-state index in [1.807, 2.05) is 6.92 Å². The zero-order valence-electron chi connectivity index (χ0n) is 13.5. The normalized spacial score (nSPS) is 16.8. The van der Waals surface area contributed by atoms with Crippen molar-refractivity contribution in [3.8, 4) is 0 Å². The van der Waals surface area contributed by atoms with Crippen molar-refractivity contribution < 1.29 is 13.2 Å². The molecular weight excluding hydrogens is 346 g/mol. The molecule has 1 aromatic heterocycles. The third-order valence-electron chi connectivity index (χ3n) is 3.98. The highest BCUT2D eigenvalue weighted by molar-refractivity contribution is 7.91. The van der Waals surface area contributed by atoms with Gasteiger partial charge in [0, 0.05) is 17.5 Å². The fourth-order valence-corrected chi connectivity index (χ4v) is 4.46. The second-order valence-electron chi connectivity index (χ2n) is 5.70. The molecule has 6 nitrogen and oxygen atoms in total. The molecule has 24 heavy (non-hydrogen) atoms. The quantitative estimate of drug-likeness (QED) is 0.849. The molecule has 2 heterocycles. The number of thiazole rings is 1. The maximum Gasteiger partial charge on any atom is 0.230 e. The molecule has 8 heteroatoms. The lowest BCUT2D eigenvalue weighted by atomic mass is 10.1. The molecule has 2 aromatic rings. The van der Waals surface area contributed by atoms with Crippen LogP contribution in [0, 0.1) is 0 Å². The van der Waals surface area contributed by atoms with Crippen molar-refractivity contribution in [1.29, 1.82) is 0 Å². The predicted molar refractivity (Wildman–Crippen MR) is 93.9 cm³/mol. The van der Waals surface area contributed by atoms with Gasteiger partial charge in [0.15, 0.2) is 15.0 Å². The van der Waals surface area contributed by atoms with Gasteiger partial charge in [-0.05, 0) is 24.6 Å². The fourth-order valence-electron chi connectivity index (χ4n) is 2.55. The number of amides is 1. The number of carbonyl (C=O) groups is 1. The van der Waals surface area contributed by atoms with Crippen LogP contribution in [0.2, 0.25) is 0 Å². The third-order valence-corrected chi connectivity index (χ3v) is 6.72. The van der Waals surface area contributed by atoms with Gasteiger partial charge in [0.05, 0.1) is 22.8 Å². The molecule has 0 spiro atoms. The van der Waals surface area contributed by atoms with Crippen LogP contribution in [-0.4, -0.2) is 25.1 Å². The summed E-state index contributed by atoms with van der Waals surface area (Å²) in [5, 5.41) is 6.73. The van der Waals surface area contributed by atoms with E-state index in [0.717, 1.165) is 22.7 Å². The lowest BCUT2D eigenvalue weighted by Gasteiger charge is -2.05. The summed E-state index contributed by atoms with van der Waals surface area (Å²) in [6.07, 6.45) is 0.185. The van der Waals surface area contributed by atoms with Gasteiger partial charge >= 0.3 is 0 Å². The monoisotopic (exact) mass is 365 g/mol. The van der Waals surface area contributed by atoms with Crippen LogP contribution in [0.5, 0.6) is 0 Å². The predicted octanol–water partition coefficient (Wildman–Crippen LogP) is 2.28. The highest BCUT2D eigenvalue weighted by Gasteiger charge is 2.23. The Hall–Kier alpha value is -1.77. The summed E-state index contributed by atoms with van der Waals surface area (Å²) >= 11 is 1.49. The average Bonchev–Trinajstić information content (AvgIpc) is 3.09. The van der Waals surface area contributed by atoms with Crippen molar-refractivity contribution in [3.05, 3.63) is 40.4 Å². The van der Waals surface area contributed by atoms with E-state index in [-0.39, 0.29) is 29.0 Å². The van der Waals surface area contributed by atoms with Crippen molar-refractivity contribution in [2.24, 2.45) is 0 Å². The van der Waals surface area contributed by atoms with Gasteiger partial charge in [-0.2, -0.15) is 0 Å². The first-order valence-electron chi connectivity index (χ1n) is 7.73. The number of sulfone groups is 1. The van der Waals surface area contributed by atoms with Crippen LogP contribution in [0.15, 0.2) is 29.2 Å². The Labute approximate surface area is 145 Å². The molecule has 0 saturated carbocycles. The number of rotatable bonds is 5. The molecule has 1 aliphatic rings. The molecule has 3 rings (SSSR count). The summed E-state index contributed by atoms with van der Waals surface area (Å²) in [5.41, 5.74) is 1.77. The molecule has 0 bridgehead atoms. The lowest BCUT2D eigenvalue weighted by molar-refractivity contribution is -0.115. The number of nitrogens with one attached hydrogen (secondary N) is 2. The van der Waals surface area contributed by atoms with E-state index < -0.39 is 9.84 Å². The number of carbonyl (C=O) groups excluding carboxylic acids is 1. The largest absolute Gasteiger partial charge is 0.304 e. The number of hydrogen-bond acceptors (Lipinski definition) is 6. The second kappa shape index (κ2) is 6.62. The first-order valence-corrected chi connectivity index (χ1v) is 10.2. The number of aromatic nitrogens is 1. The minimum absolute atomic E-state index is 0.0643. The van der Waals surface area contributed by atoms with E-state index in [1.165, 1.54) is 11.3 Å². The van der Waals surface area contributed by atoms with Crippen LogP contribution in [0.1, 0.15) is 36.0 Å². The van der Waals surface area contributed by atoms with E-state index in [9.17, 15) is 13.2 Å². The first-order chi connectivity index (χ1) is 11.4. The summed E-state index contributed by atoms with van der Waals surface area (Å²) < 4.78 is 23.6. The van der Waals surface area contributed by atoms with Gasteiger partial charge < -0.3 is 10.6 Å². The van der Waals surface area contributed by atoms with E-state index in [2.05, 4.69) is 15.6 Å². The molecule has 0 aliphatic carbocycles. The summed E-state index contributed by atoms with van der Waals surface area (Å²) in [6.45, 7) is 4.44. The van der Waals surface area contributed by atoms with Crippen molar-refractivity contribution in [1.82, 2.24) is 10.3 Å². The average molecular weight is 365 g/mol. The van der Waals surface area contributed by atoms with Crippen molar-refractivity contribution in [3.63, 3.8) is 0 Å². The molecule has 0 fully saturated rings. The summed E-state index contributed by atoms with van der Waals surface area (Å²) in [4.78, 5) is 18.0. The Kier molecular flexibility index (Phi) is 4.71. The first kappa shape index (κ1) is 17.1. The minimum atomic E-state index is -3.21. The van der Waals surface area contributed by atoms with Crippen molar-refractivity contribution >= 4 is 32.2 Å². The van der Waals surface area contributed by atoms with E-state index in [1.54, 1.807) is 31.2 Å². The second-order valence-corrected chi connectivity index (χ2v) is 9.06. The van der Waals surface area contributed by atoms with Gasteiger partial charge in [-0.3, -0.25) is 4.79 Å². The Balaban J connectivity index is 1.64. The van der Waals surface area contributed by atoms with Gasteiger partial charge in [0.25, 0.3) is 0 Å². The molecule has 0 saturated heterocycles. The van der Waals surface area contributed by atoms with Gasteiger partial charge in [0.1, 0.15) is 0 Å². The van der Waals surface area contributed by atoms with E-state index in [4.69, 9.17) is 0 Å². The fraction of sp³-hybridized carbons (Fsp3) is 0.375. The smallest absolute Gasteiger partial charge is 0.230 e. The highest BCUT2D eigenvalue weighted by atomic mass is 32.2. The zero-order chi connectivity index (χ0) is 17.3. The number of nitrogens with zero attached hydrogens (tertiary/aromatic N) is 1. The summed E-state index contributed by atoms with van der Waals surface area (Å²) in [7, 11) is -3.21. The van der Waals surface area contributed by atoms with Crippen molar-refractivity contribution in [2.45, 2.75) is 37.8 Å². The highest BCUT2D eigenvalue weighted by Crippen LogP contribution is 2.32. The van der Waals surface area contributed by atoms with E-state index in [0.29, 0.717) is 5.13 Å². The van der Waals surface area contributed by atoms with Gasteiger partial charge in [-0.25, -0.2) is 13.4 Å². The third kappa shape index (κ3) is 3.50. The van der Waals surface area contributed by atoms with E-state index >= 15 is 0 Å². The minimum Gasteiger partial charge on any atom is -0.304 e. The molecule has 2 N–H and O–H groups in total. The van der Waals surface area contributed by atoms with Crippen LogP contribution in [0.3, 0.4) is 0 Å². The molecule has 0 radical (unpaired) electrons. The Morgan fingerprint density at radius 1 is 1.38 bits per heavy atom. The Morgan fingerprint density at radius 2 is 2.08 bits per heavy atom. The maximum absolute atomic E-state index is 12.1.